The van der Waals surface area contributed by atoms with Gasteiger partial charge in [-0.25, -0.2) is 0 Å². The maximum absolute atomic E-state index is 13.1. The minimum Gasteiger partial charge on any atom is -0.370 e. The number of nitrogens with one attached hydrogen (secondary N) is 1. The van der Waals surface area contributed by atoms with Crippen LogP contribution in [0.5, 0.6) is 0 Å². The molecule has 1 amide bonds. The topological polar surface area (TPSA) is 35.6 Å². The highest BCUT2D eigenvalue weighted by Crippen LogP contribution is 2.28. The first-order chi connectivity index (χ1) is 15.3. The summed E-state index contributed by atoms with van der Waals surface area (Å²) in [7, 11) is 0. The Morgan fingerprint density at radius 3 is 1.90 bits per heavy atom. The van der Waals surface area contributed by atoms with Crippen LogP contribution < -0.4 is 10.2 Å². The summed E-state index contributed by atoms with van der Waals surface area (Å²) in [4.78, 5) is 17.7. The van der Waals surface area contributed by atoms with Gasteiger partial charge < -0.3 is 10.2 Å². The quantitative estimate of drug-likeness (QED) is 0.543. The van der Waals surface area contributed by atoms with E-state index in [2.05, 4.69) is 51.5 Å². The molecule has 1 aliphatic heterocycles. The number of anilines is 2. The van der Waals surface area contributed by atoms with Crippen molar-refractivity contribution in [2.45, 2.75) is 32.4 Å². The fourth-order valence-electron chi connectivity index (χ4n) is 4.23. The molecule has 1 aliphatic rings. The third kappa shape index (κ3) is 6.19. The number of carbonyl (C=O) groups is 1. The van der Waals surface area contributed by atoms with Crippen molar-refractivity contribution in [3.63, 3.8) is 0 Å². The van der Waals surface area contributed by atoms with Gasteiger partial charge in [-0.1, -0.05) is 72.8 Å². The van der Waals surface area contributed by atoms with Gasteiger partial charge in [0.05, 0.1) is 17.9 Å². The number of piperidine rings is 1. The Morgan fingerprint density at radius 1 is 0.742 bits per heavy atom. The Labute approximate surface area is 185 Å². The molecule has 1 heterocycles. The average molecular weight is 414 g/mol. The Hall–Kier alpha value is -3.11. The van der Waals surface area contributed by atoms with Crippen LogP contribution in [0.2, 0.25) is 0 Å². The Bertz CT molecular complexity index is 911. The highest BCUT2D eigenvalue weighted by atomic mass is 16.2. The molecule has 0 aromatic heterocycles. The smallest absolute Gasteiger partial charge is 0.238 e. The molecule has 4 rings (SSSR count). The standard InChI is InChI=1S/C27H31N3O/c31-27(28-25-16-8-9-17-26(25)30-18-10-3-11-19-30)22-29(20-23-12-4-1-5-13-23)21-24-14-6-2-7-15-24/h1-2,4-9,12-17H,3,10-11,18-22H2,(H,28,31). The van der Waals surface area contributed by atoms with Gasteiger partial charge in [0.2, 0.25) is 5.91 Å². The first kappa shape index (κ1) is 21.1. The van der Waals surface area contributed by atoms with Gasteiger partial charge >= 0.3 is 0 Å². The summed E-state index contributed by atoms with van der Waals surface area (Å²) in [6, 6.07) is 28.9. The predicted octanol–water partition coefficient (Wildman–Crippen LogP) is 5.32. The van der Waals surface area contributed by atoms with Crippen molar-refractivity contribution in [2.24, 2.45) is 0 Å². The minimum absolute atomic E-state index is 0.0244. The Kier molecular flexibility index (Phi) is 7.35. The fourth-order valence-corrected chi connectivity index (χ4v) is 4.23. The number of para-hydroxylation sites is 2. The molecule has 0 radical (unpaired) electrons. The normalized spacial score (nSPS) is 13.9. The number of nitrogens with zero attached hydrogens (tertiary/aromatic N) is 2. The van der Waals surface area contributed by atoms with Gasteiger partial charge in [-0.15, -0.1) is 0 Å². The maximum atomic E-state index is 13.1. The first-order valence-corrected chi connectivity index (χ1v) is 11.2. The van der Waals surface area contributed by atoms with Gasteiger partial charge in [0.15, 0.2) is 0 Å². The fraction of sp³-hybridized carbons (Fsp3) is 0.296. The van der Waals surface area contributed by atoms with Crippen molar-refractivity contribution in [3.8, 4) is 0 Å². The van der Waals surface area contributed by atoms with E-state index in [0.717, 1.165) is 37.6 Å². The summed E-state index contributed by atoms with van der Waals surface area (Å²) in [6.45, 7) is 3.92. The van der Waals surface area contributed by atoms with Gasteiger partial charge in [-0.3, -0.25) is 9.69 Å². The van der Waals surface area contributed by atoms with Gasteiger partial charge in [0, 0.05) is 26.2 Å². The Balaban J connectivity index is 1.46. The lowest BCUT2D eigenvalue weighted by Crippen LogP contribution is -2.34. The van der Waals surface area contributed by atoms with E-state index in [-0.39, 0.29) is 5.91 Å². The second kappa shape index (κ2) is 10.8. The average Bonchev–Trinajstić information content (AvgIpc) is 2.81. The summed E-state index contributed by atoms with van der Waals surface area (Å²) in [5, 5.41) is 3.19. The minimum atomic E-state index is 0.0244. The lowest BCUT2D eigenvalue weighted by molar-refractivity contribution is -0.117. The lowest BCUT2D eigenvalue weighted by atomic mass is 10.1. The molecule has 31 heavy (non-hydrogen) atoms. The van der Waals surface area contributed by atoms with Gasteiger partial charge in [-0.2, -0.15) is 0 Å². The van der Waals surface area contributed by atoms with Crippen molar-refractivity contribution in [3.05, 3.63) is 96.1 Å². The number of benzene rings is 3. The largest absolute Gasteiger partial charge is 0.370 e. The molecular weight excluding hydrogens is 382 g/mol. The molecule has 0 saturated carbocycles. The van der Waals surface area contributed by atoms with E-state index in [1.54, 1.807) is 0 Å². The molecule has 0 spiro atoms. The summed E-state index contributed by atoms with van der Waals surface area (Å²) in [6.07, 6.45) is 3.72. The van der Waals surface area contributed by atoms with Crippen LogP contribution in [0, 0.1) is 0 Å². The molecule has 0 bridgehead atoms. The molecule has 0 aliphatic carbocycles. The molecule has 1 fully saturated rings. The van der Waals surface area contributed by atoms with Crippen LogP contribution in [-0.4, -0.2) is 30.4 Å². The number of hydrogen-bond donors (Lipinski definition) is 1. The molecule has 3 aromatic carbocycles. The van der Waals surface area contributed by atoms with E-state index in [9.17, 15) is 4.79 Å². The molecule has 1 saturated heterocycles. The van der Waals surface area contributed by atoms with Crippen LogP contribution in [0.1, 0.15) is 30.4 Å². The molecule has 0 unspecified atom stereocenters. The summed E-state index contributed by atoms with van der Waals surface area (Å²) in [5.41, 5.74) is 4.46. The SMILES string of the molecule is O=C(CN(Cc1ccccc1)Cc1ccccc1)Nc1ccccc1N1CCCCC1. The van der Waals surface area contributed by atoms with Crippen molar-refractivity contribution >= 4 is 17.3 Å². The molecular formula is C27H31N3O. The van der Waals surface area contributed by atoms with Crippen molar-refractivity contribution in [1.29, 1.82) is 0 Å². The third-order valence-electron chi connectivity index (χ3n) is 5.74. The first-order valence-electron chi connectivity index (χ1n) is 11.2. The highest BCUT2D eigenvalue weighted by Gasteiger charge is 2.17. The van der Waals surface area contributed by atoms with E-state index in [1.165, 1.54) is 30.4 Å². The zero-order chi connectivity index (χ0) is 21.3. The van der Waals surface area contributed by atoms with Gasteiger partial charge in [0.25, 0.3) is 0 Å². The van der Waals surface area contributed by atoms with E-state index < -0.39 is 0 Å². The lowest BCUT2D eigenvalue weighted by Gasteiger charge is -2.30. The Morgan fingerprint density at radius 2 is 1.29 bits per heavy atom. The van der Waals surface area contributed by atoms with Crippen LogP contribution in [0.15, 0.2) is 84.9 Å². The molecule has 1 N–H and O–H groups in total. The highest BCUT2D eigenvalue weighted by molar-refractivity contribution is 5.95. The molecule has 3 aromatic rings. The predicted molar refractivity (Wildman–Crippen MR) is 128 cm³/mol. The number of carbonyl (C=O) groups excluding carboxylic acids is 1. The number of rotatable bonds is 8. The second-order valence-electron chi connectivity index (χ2n) is 8.23. The second-order valence-corrected chi connectivity index (χ2v) is 8.23. The van der Waals surface area contributed by atoms with Crippen LogP contribution in [0.4, 0.5) is 11.4 Å². The van der Waals surface area contributed by atoms with E-state index >= 15 is 0 Å². The molecule has 0 atom stereocenters. The summed E-state index contributed by atoms with van der Waals surface area (Å²) in [5.74, 6) is 0.0244. The number of amides is 1. The molecule has 4 heteroatoms. The zero-order valence-corrected chi connectivity index (χ0v) is 18.0. The summed E-state index contributed by atoms with van der Waals surface area (Å²) >= 11 is 0. The van der Waals surface area contributed by atoms with Gasteiger partial charge in [0.1, 0.15) is 0 Å². The number of hydrogen-bond acceptors (Lipinski definition) is 3. The summed E-state index contributed by atoms with van der Waals surface area (Å²) < 4.78 is 0. The van der Waals surface area contributed by atoms with Gasteiger partial charge in [-0.05, 0) is 42.5 Å². The maximum Gasteiger partial charge on any atom is 0.238 e. The molecule has 160 valence electrons. The van der Waals surface area contributed by atoms with Crippen LogP contribution in [0.3, 0.4) is 0 Å². The van der Waals surface area contributed by atoms with E-state index in [0.29, 0.717) is 6.54 Å². The van der Waals surface area contributed by atoms with Crippen molar-refractivity contribution < 1.29 is 4.79 Å². The van der Waals surface area contributed by atoms with Crippen molar-refractivity contribution in [1.82, 2.24) is 4.90 Å². The zero-order valence-electron chi connectivity index (χ0n) is 18.0. The monoisotopic (exact) mass is 413 g/mol. The van der Waals surface area contributed by atoms with Crippen LogP contribution in [0.25, 0.3) is 0 Å². The van der Waals surface area contributed by atoms with E-state index in [4.69, 9.17) is 0 Å². The van der Waals surface area contributed by atoms with Crippen LogP contribution in [-0.2, 0) is 17.9 Å². The van der Waals surface area contributed by atoms with Crippen LogP contribution >= 0.6 is 0 Å². The van der Waals surface area contributed by atoms with Crippen molar-refractivity contribution in [2.75, 3.05) is 29.9 Å². The molecule has 4 nitrogen and oxygen atoms in total. The van der Waals surface area contributed by atoms with E-state index in [1.807, 2.05) is 48.5 Å². The third-order valence-corrected chi connectivity index (χ3v) is 5.74.